The number of amides is 3. The van der Waals surface area contributed by atoms with E-state index in [1.54, 1.807) is 58.8 Å². The number of aromatic amines is 1. The van der Waals surface area contributed by atoms with Gasteiger partial charge in [-0.05, 0) is 104 Å². The van der Waals surface area contributed by atoms with Gasteiger partial charge in [-0.15, -0.1) is 11.3 Å². The van der Waals surface area contributed by atoms with E-state index in [1.165, 1.54) is 31.0 Å². The molecular formula is C47H48F4N8O6S2. The predicted octanol–water partition coefficient (Wildman–Crippen LogP) is 8.19. The number of carbonyl (C=O) groups excluding carboxylic acids is 3. The molecule has 0 aliphatic carbocycles. The molecule has 3 atom stereocenters. The maximum atomic E-state index is 15.4. The van der Waals surface area contributed by atoms with E-state index in [0.29, 0.717) is 53.7 Å². The van der Waals surface area contributed by atoms with Crippen LogP contribution in [-0.4, -0.2) is 91.8 Å². The van der Waals surface area contributed by atoms with E-state index in [9.17, 15) is 37.9 Å². The Morgan fingerprint density at radius 1 is 1.06 bits per heavy atom. The first kappa shape index (κ1) is 48.7. The predicted molar refractivity (Wildman–Crippen MR) is 246 cm³/mol. The Morgan fingerprint density at radius 2 is 1.79 bits per heavy atom. The molecule has 7 rings (SSSR count). The molecule has 2 saturated heterocycles. The minimum Gasteiger partial charge on any atom is -0.494 e. The van der Waals surface area contributed by atoms with Crippen LogP contribution in [0.25, 0.3) is 21.8 Å². The number of benzene rings is 2. The second-order valence-electron chi connectivity index (χ2n) is 17.7. The molecule has 3 aromatic heterocycles. The number of β-amino-alcohol motifs (C(OH)–C–C–N with tert-alkyl or cyclic N) is 1. The number of anilines is 2. The number of thiophene rings is 1. The fourth-order valence-corrected chi connectivity index (χ4v) is 9.22. The van der Waals surface area contributed by atoms with Gasteiger partial charge >= 0.3 is 6.18 Å². The standard InChI is InChI=1S/C47H48F4N8O6S2/c1-45(2,3)40(42(62)57-25-30(60)21-35(57)41-54-24-33(55-41)36-9-8-20-67-36)56-37(61)26-64-18-6-7-19-65-31-14-10-27(11-15-31)32-16-13-29(23-53-32)59-44(66)58(43(63)46(59,4)5)34-17-12-28(22-52)38(39(34)48)47(49,50)51/h8-17,20,23-24,30,35,40,60H,6-7,18-19,21,25-26H2,1-5H3,(H,54,55)(H,56,61)/t30-,35+,40-/m1/s1. The first-order chi connectivity index (χ1) is 31.7. The van der Waals surface area contributed by atoms with Crippen LogP contribution in [0.2, 0.25) is 0 Å². The number of thiocarbonyl (C=S) groups is 1. The lowest BCUT2D eigenvalue weighted by molar-refractivity contribution is -0.141. The van der Waals surface area contributed by atoms with E-state index in [4.69, 9.17) is 21.7 Å². The van der Waals surface area contributed by atoms with Gasteiger partial charge in [0, 0.05) is 25.1 Å². The average Bonchev–Trinajstić information content (AvgIpc) is 4.09. The van der Waals surface area contributed by atoms with Crippen molar-refractivity contribution in [2.24, 2.45) is 5.41 Å². The lowest BCUT2D eigenvalue weighted by Gasteiger charge is -2.35. The van der Waals surface area contributed by atoms with Crippen molar-refractivity contribution >= 4 is 57.8 Å². The van der Waals surface area contributed by atoms with Crippen LogP contribution in [0.4, 0.5) is 28.9 Å². The Hall–Kier alpha value is -6.27. The van der Waals surface area contributed by atoms with Crippen molar-refractivity contribution < 1.29 is 46.5 Å². The molecule has 0 spiro atoms. The summed E-state index contributed by atoms with van der Waals surface area (Å²) < 4.78 is 68.2. The van der Waals surface area contributed by atoms with Gasteiger partial charge in [0.05, 0.1) is 70.4 Å². The summed E-state index contributed by atoms with van der Waals surface area (Å²) in [5.74, 6) is -2.12. The maximum Gasteiger partial charge on any atom is 0.420 e. The maximum absolute atomic E-state index is 15.4. The number of aromatic nitrogens is 3. The Balaban J connectivity index is 0.868. The first-order valence-electron chi connectivity index (χ1n) is 21.3. The molecule has 0 unspecified atom stereocenters. The molecule has 2 aliphatic rings. The summed E-state index contributed by atoms with van der Waals surface area (Å²) in [5, 5.41) is 24.3. The monoisotopic (exact) mass is 960 g/mol. The molecule has 0 saturated carbocycles. The summed E-state index contributed by atoms with van der Waals surface area (Å²) in [6, 6.07) is 16.1. The van der Waals surface area contributed by atoms with Crippen LogP contribution < -0.4 is 19.9 Å². The Kier molecular flexibility index (Phi) is 14.2. The van der Waals surface area contributed by atoms with E-state index in [2.05, 4.69) is 20.3 Å². The molecule has 352 valence electrons. The lowest BCUT2D eigenvalue weighted by Crippen LogP contribution is -2.55. The number of carbonyl (C=O) groups is 3. The number of alkyl halides is 3. The van der Waals surface area contributed by atoms with Crippen molar-refractivity contribution in [1.82, 2.24) is 25.2 Å². The number of imidazole rings is 1. The summed E-state index contributed by atoms with van der Waals surface area (Å²) in [5.41, 5.74) is -3.02. The fourth-order valence-electron chi connectivity index (χ4n) is 8.02. The molecular weight excluding hydrogens is 913 g/mol. The summed E-state index contributed by atoms with van der Waals surface area (Å²) in [6.07, 6.45) is -1.20. The lowest BCUT2D eigenvalue weighted by atomic mass is 9.85. The molecule has 14 nitrogen and oxygen atoms in total. The number of rotatable bonds is 15. The van der Waals surface area contributed by atoms with E-state index >= 15 is 4.39 Å². The minimum absolute atomic E-state index is 0.119. The van der Waals surface area contributed by atoms with Gasteiger partial charge in [0.25, 0.3) is 5.91 Å². The third-order valence-corrected chi connectivity index (χ3v) is 12.7. The summed E-state index contributed by atoms with van der Waals surface area (Å²) in [6.45, 7) is 9.15. The van der Waals surface area contributed by atoms with Crippen LogP contribution in [0.3, 0.4) is 0 Å². The van der Waals surface area contributed by atoms with Crippen LogP contribution in [0.15, 0.2) is 78.4 Å². The highest BCUT2D eigenvalue weighted by molar-refractivity contribution is 7.81. The van der Waals surface area contributed by atoms with Gasteiger partial charge in [-0.3, -0.25) is 24.3 Å². The number of aliphatic hydroxyl groups is 1. The third kappa shape index (κ3) is 10.3. The van der Waals surface area contributed by atoms with E-state index in [1.807, 2.05) is 38.3 Å². The molecule has 2 fully saturated rings. The number of pyridine rings is 1. The number of nitriles is 1. The highest BCUT2D eigenvalue weighted by atomic mass is 32.1. The van der Waals surface area contributed by atoms with Crippen LogP contribution in [0.1, 0.15) is 76.9 Å². The molecule has 5 heterocycles. The molecule has 0 radical (unpaired) electrons. The smallest absolute Gasteiger partial charge is 0.420 e. The number of hydrogen-bond acceptors (Lipinski definition) is 11. The van der Waals surface area contributed by atoms with Crippen molar-refractivity contribution in [3.05, 3.63) is 101 Å². The van der Waals surface area contributed by atoms with Crippen molar-refractivity contribution in [2.45, 2.75) is 83.8 Å². The van der Waals surface area contributed by atoms with E-state index in [0.717, 1.165) is 28.3 Å². The second kappa shape index (κ2) is 19.5. The van der Waals surface area contributed by atoms with Gasteiger partial charge in [0.2, 0.25) is 11.8 Å². The van der Waals surface area contributed by atoms with Gasteiger partial charge in [-0.25, -0.2) is 9.37 Å². The number of ether oxygens (including phenoxy) is 2. The van der Waals surface area contributed by atoms with Crippen LogP contribution in [-0.2, 0) is 25.3 Å². The number of aliphatic hydroxyl groups excluding tert-OH is 1. The molecule has 5 aromatic rings. The largest absolute Gasteiger partial charge is 0.494 e. The normalized spacial score (nSPS) is 17.8. The molecule has 0 bridgehead atoms. The highest BCUT2D eigenvalue weighted by Gasteiger charge is 2.52. The topological polar surface area (TPSA) is 177 Å². The highest BCUT2D eigenvalue weighted by Crippen LogP contribution is 2.42. The molecule has 3 amide bonds. The Morgan fingerprint density at radius 3 is 2.43 bits per heavy atom. The van der Waals surface area contributed by atoms with Crippen LogP contribution in [0.5, 0.6) is 5.75 Å². The zero-order valence-electron chi connectivity index (χ0n) is 37.2. The number of nitrogens with zero attached hydrogens (tertiary/aromatic N) is 6. The van der Waals surface area contributed by atoms with Gasteiger partial charge in [-0.1, -0.05) is 26.8 Å². The van der Waals surface area contributed by atoms with Crippen molar-refractivity contribution in [3.63, 3.8) is 0 Å². The zero-order valence-corrected chi connectivity index (χ0v) is 38.8. The minimum atomic E-state index is -5.19. The fraction of sp³-hybridized carbons (Fsp3) is 0.383. The molecule has 67 heavy (non-hydrogen) atoms. The number of likely N-dealkylation sites (tertiary alicyclic amines) is 1. The van der Waals surface area contributed by atoms with Gasteiger partial charge in [0.15, 0.2) is 10.9 Å². The molecule has 2 aliphatic heterocycles. The SMILES string of the molecule is CC(C)(C)[C@H](NC(=O)COCCCCOc1ccc(-c2ccc(N3C(=S)N(c4ccc(C#N)c(C(F)(F)F)c4F)C(=O)C3(C)C)cn2)cc1)C(=O)N1C[C@H](O)C[C@H]1c1ncc(-c2cccs2)[nH]1. The van der Waals surface area contributed by atoms with Gasteiger partial charge in [0.1, 0.15) is 35.3 Å². The second-order valence-corrected chi connectivity index (χ2v) is 19.0. The number of halogens is 4. The van der Waals surface area contributed by atoms with Crippen LogP contribution >= 0.6 is 23.6 Å². The number of unbranched alkanes of at least 4 members (excludes halogenated alkanes) is 1. The average molecular weight is 961 g/mol. The van der Waals surface area contributed by atoms with Crippen molar-refractivity contribution in [2.75, 3.05) is 36.2 Å². The number of nitrogens with one attached hydrogen (secondary N) is 2. The number of hydrogen-bond donors (Lipinski definition) is 3. The molecule has 3 N–H and O–H groups in total. The van der Waals surface area contributed by atoms with Gasteiger partial charge < -0.3 is 34.7 Å². The third-order valence-electron chi connectivity index (χ3n) is 11.5. The first-order valence-corrected chi connectivity index (χ1v) is 22.6. The summed E-state index contributed by atoms with van der Waals surface area (Å²) >= 11 is 7.10. The molecule has 2 aromatic carbocycles. The number of H-pyrrole nitrogens is 1. The van der Waals surface area contributed by atoms with Gasteiger partial charge in [-0.2, -0.15) is 18.4 Å². The van der Waals surface area contributed by atoms with Crippen molar-refractivity contribution in [3.8, 4) is 33.6 Å². The molecule has 20 heteroatoms. The van der Waals surface area contributed by atoms with Crippen LogP contribution in [0, 0.1) is 22.6 Å². The quantitative estimate of drug-likeness (QED) is 0.0524. The van der Waals surface area contributed by atoms with Crippen molar-refractivity contribution in [1.29, 1.82) is 5.26 Å². The van der Waals surface area contributed by atoms with E-state index in [-0.39, 0.29) is 30.8 Å². The summed E-state index contributed by atoms with van der Waals surface area (Å²) in [4.78, 5) is 57.7. The Labute approximate surface area is 393 Å². The summed E-state index contributed by atoms with van der Waals surface area (Å²) in [7, 11) is 0. The Bertz CT molecular complexity index is 2660. The van der Waals surface area contributed by atoms with E-state index < -0.39 is 69.8 Å². The zero-order chi connectivity index (χ0) is 48.4.